The van der Waals surface area contributed by atoms with Crippen molar-refractivity contribution in [1.82, 2.24) is 0 Å². The standard InChI is InChI=1S/C9H21OP/c1-6-9(5,7-2)11(10)8(3)4/h8,11H,6-7H2,1-5H3. The van der Waals surface area contributed by atoms with Crippen molar-refractivity contribution in [3.63, 3.8) is 0 Å². The predicted octanol–water partition coefficient (Wildman–Crippen LogP) is 3.53. The van der Waals surface area contributed by atoms with Gasteiger partial charge in [-0.1, -0.05) is 34.6 Å². The van der Waals surface area contributed by atoms with Crippen LogP contribution in [-0.4, -0.2) is 10.8 Å². The van der Waals surface area contributed by atoms with Crippen molar-refractivity contribution in [3.8, 4) is 0 Å². The molecule has 0 amide bonds. The third-order valence-electron chi connectivity index (χ3n) is 2.68. The van der Waals surface area contributed by atoms with Gasteiger partial charge in [0, 0.05) is 10.8 Å². The zero-order valence-electron chi connectivity index (χ0n) is 8.40. The number of rotatable bonds is 4. The van der Waals surface area contributed by atoms with E-state index in [4.69, 9.17) is 0 Å². The van der Waals surface area contributed by atoms with Gasteiger partial charge in [-0.05, 0) is 12.8 Å². The molecule has 0 rings (SSSR count). The second kappa shape index (κ2) is 4.30. The monoisotopic (exact) mass is 176 g/mol. The first-order valence-electron chi connectivity index (χ1n) is 4.52. The van der Waals surface area contributed by atoms with Gasteiger partial charge in [0.2, 0.25) is 0 Å². The Morgan fingerprint density at radius 1 is 1.27 bits per heavy atom. The second-order valence-corrected chi connectivity index (χ2v) is 6.88. The van der Waals surface area contributed by atoms with Crippen LogP contribution in [0.4, 0.5) is 0 Å². The molecule has 0 bridgehead atoms. The molecule has 0 aliphatic heterocycles. The van der Waals surface area contributed by atoms with Gasteiger partial charge in [-0.2, -0.15) is 0 Å². The molecule has 0 aliphatic carbocycles. The molecule has 68 valence electrons. The van der Waals surface area contributed by atoms with Gasteiger partial charge in [0.25, 0.3) is 0 Å². The molecule has 0 aromatic carbocycles. The summed E-state index contributed by atoms with van der Waals surface area (Å²) in [6.45, 7) is 10.5. The highest BCUT2D eigenvalue weighted by atomic mass is 31.1. The highest BCUT2D eigenvalue weighted by Gasteiger charge is 2.28. The summed E-state index contributed by atoms with van der Waals surface area (Å²) in [6.07, 6.45) is 2.08. The van der Waals surface area contributed by atoms with Gasteiger partial charge < -0.3 is 4.57 Å². The minimum Gasteiger partial charge on any atom is -0.326 e. The number of hydrogen-bond acceptors (Lipinski definition) is 1. The van der Waals surface area contributed by atoms with E-state index in [9.17, 15) is 4.57 Å². The highest BCUT2D eigenvalue weighted by Crippen LogP contribution is 2.47. The Morgan fingerprint density at radius 3 is 1.73 bits per heavy atom. The van der Waals surface area contributed by atoms with E-state index < -0.39 is 7.80 Å². The highest BCUT2D eigenvalue weighted by molar-refractivity contribution is 7.47. The zero-order valence-corrected chi connectivity index (χ0v) is 9.40. The van der Waals surface area contributed by atoms with Crippen LogP contribution in [0.2, 0.25) is 0 Å². The molecular weight excluding hydrogens is 155 g/mol. The average Bonchev–Trinajstić information content (AvgIpc) is 2.01. The Balaban J connectivity index is 4.37. The summed E-state index contributed by atoms with van der Waals surface area (Å²) in [6, 6.07) is 0. The van der Waals surface area contributed by atoms with Gasteiger partial charge in [-0.25, -0.2) is 0 Å². The fraction of sp³-hybridized carbons (Fsp3) is 1.00. The Labute approximate surface area is 71.4 Å². The second-order valence-electron chi connectivity index (χ2n) is 3.79. The van der Waals surface area contributed by atoms with E-state index >= 15 is 0 Å². The van der Waals surface area contributed by atoms with Gasteiger partial charge in [-0.3, -0.25) is 0 Å². The van der Waals surface area contributed by atoms with E-state index in [0.29, 0.717) is 5.66 Å². The molecule has 0 aromatic heterocycles. The summed E-state index contributed by atoms with van der Waals surface area (Å²) < 4.78 is 11.8. The molecule has 0 saturated heterocycles. The van der Waals surface area contributed by atoms with E-state index in [1.165, 1.54) is 0 Å². The van der Waals surface area contributed by atoms with Crippen molar-refractivity contribution in [3.05, 3.63) is 0 Å². The molecule has 0 spiro atoms. The largest absolute Gasteiger partial charge is 0.326 e. The lowest BCUT2D eigenvalue weighted by molar-refractivity contribution is 0.514. The molecule has 0 saturated carbocycles. The fourth-order valence-electron chi connectivity index (χ4n) is 1.30. The predicted molar refractivity (Wildman–Crippen MR) is 53.1 cm³/mol. The third kappa shape index (κ3) is 2.63. The van der Waals surface area contributed by atoms with Crippen molar-refractivity contribution in [2.45, 2.75) is 58.3 Å². The van der Waals surface area contributed by atoms with Crippen LogP contribution in [0.1, 0.15) is 47.5 Å². The molecule has 0 aliphatic rings. The lowest BCUT2D eigenvalue weighted by Crippen LogP contribution is -2.19. The van der Waals surface area contributed by atoms with E-state index in [-0.39, 0.29) is 5.16 Å². The first kappa shape index (κ1) is 11.2. The lowest BCUT2D eigenvalue weighted by atomic mass is 10.1. The Kier molecular flexibility index (Phi) is 4.39. The van der Waals surface area contributed by atoms with Gasteiger partial charge in [-0.15, -0.1) is 0 Å². The molecule has 0 N–H and O–H groups in total. The van der Waals surface area contributed by atoms with Crippen molar-refractivity contribution < 1.29 is 4.57 Å². The van der Waals surface area contributed by atoms with Crippen molar-refractivity contribution in [2.24, 2.45) is 0 Å². The van der Waals surface area contributed by atoms with E-state index in [0.717, 1.165) is 12.8 Å². The normalized spacial score (nSPS) is 15.5. The first-order chi connectivity index (χ1) is 4.98. The van der Waals surface area contributed by atoms with Crippen LogP contribution in [0.3, 0.4) is 0 Å². The Morgan fingerprint density at radius 2 is 1.64 bits per heavy atom. The summed E-state index contributed by atoms with van der Waals surface area (Å²) >= 11 is 0. The maximum atomic E-state index is 11.8. The molecule has 1 nitrogen and oxygen atoms in total. The Bertz CT molecular complexity index is 136. The first-order valence-corrected chi connectivity index (χ1v) is 6.00. The number of hydrogen-bond donors (Lipinski definition) is 0. The summed E-state index contributed by atoms with van der Waals surface area (Å²) in [7, 11) is -1.40. The zero-order chi connectivity index (χ0) is 9.07. The SMILES string of the molecule is CCC(C)(CC)[PH](=O)C(C)C. The molecule has 0 fully saturated rings. The molecule has 1 unspecified atom stereocenters. The van der Waals surface area contributed by atoms with Crippen LogP contribution >= 0.6 is 7.80 Å². The molecule has 0 aromatic rings. The van der Waals surface area contributed by atoms with E-state index in [1.54, 1.807) is 0 Å². The van der Waals surface area contributed by atoms with Crippen LogP contribution < -0.4 is 0 Å². The minimum atomic E-state index is -1.40. The van der Waals surface area contributed by atoms with Gasteiger partial charge in [0.15, 0.2) is 0 Å². The smallest absolute Gasteiger partial charge is 0.0841 e. The molecular formula is C9H21OP. The quantitative estimate of drug-likeness (QED) is 0.599. The van der Waals surface area contributed by atoms with Crippen LogP contribution in [0.25, 0.3) is 0 Å². The summed E-state index contributed by atoms with van der Waals surface area (Å²) in [5.41, 5.74) is 0.366. The van der Waals surface area contributed by atoms with Gasteiger partial charge in [0.1, 0.15) is 0 Å². The van der Waals surface area contributed by atoms with E-state index in [1.807, 2.05) is 0 Å². The molecule has 0 heterocycles. The van der Waals surface area contributed by atoms with Gasteiger partial charge in [0.05, 0.1) is 7.80 Å². The average molecular weight is 176 g/mol. The molecule has 1 atom stereocenters. The molecule has 2 heteroatoms. The van der Waals surface area contributed by atoms with Crippen molar-refractivity contribution >= 4 is 7.80 Å². The minimum absolute atomic E-state index is 0.110. The van der Waals surface area contributed by atoms with Crippen LogP contribution in [0, 0.1) is 0 Å². The van der Waals surface area contributed by atoms with Crippen molar-refractivity contribution in [2.75, 3.05) is 0 Å². The van der Waals surface area contributed by atoms with Crippen LogP contribution in [0.5, 0.6) is 0 Å². The molecule has 11 heavy (non-hydrogen) atoms. The van der Waals surface area contributed by atoms with Crippen LogP contribution in [0.15, 0.2) is 0 Å². The summed E-state index contributed by atoms with van der Waals surface area (Å²) in [5, 5.41) is 0.110. The maximum absolute atomic E-state index is 11.8. The van der Waals surface area contributed by atoms with Gasteiger partial charge >= 0.3 is 0 Å². The maximum Gasteiger partial charge on any atom is 0.0841 e. The third-order valence-corrected chi connectivity index (χ3v) is 5.63. The fourth-order valence-corrected chi connectivity index (χ4v) is 3.39. The van der Waals surface area contributed by atoms with E-state index in [2.05, 4.69) is 34.6 Å². The topological polar surface area (TPSA) is 17.1 Å². The van der Waals surface area contributed by atoms with Crippen molar-refractivity contribution in [1.29, 1.82) is 0 Å². The lowest BCUT2D eigenvalue weighted by Gasteiger charge is -2.28. The molecule has 0 radical (unpaired) electrons. The summed E-state index contributed by atoms with van der Waals surface area (Å²) in [4.78, 5) is 0. The Hall–Kier alpha value is 0.230. The summed E-state index contributed by atoms with van der Waals surface area (Å²) in [5.74, 6) is 0. The van der Waals surface area contributed by atoms with Crippen LogP contribution in [-0.2, 0) is 4.57 Å².